The maximum absolute atomic E-state index is 13.1. The second-order valence-corrected chi connectivity index (χ2v) is 9.47. The summed E-state index contributed by atoms with van der Waals surface area (Å²) < 4.78 is 45.9. The number of halogens is 2. The molecule has 2 heterocycles. The van der Waals surface area contributed by atoms with E-state index in [1.165, 1.54) is 16.4 Å². The number of carbonyl (C=O) groups is 1. The molecule has 0 radical (unpaired) electrons. The SMILES string of the molecule is O=C([C@H]1Cc2cc(Cl)ccc2O1)N1CCCN(S(=O)(=O)c2ccc(F)cc2)CC1. The van der Waals surface area contributed by atoms with Gasteiger partial charge in [0.15, 0.2) is 6.10 Å². The summed E-state index contributed by atoms with van der Waals surface area (Å²) in [5.41, 5.74) is 0.895. The minimum absolute atomic E-state index is 0.0464. The average Bonchev–Trinajstić information content (AvgIpc) is 2.94. The summed E-state index contributed by atoms with van der Waals surface area (Å²) in [6, 6.07) is 10.0. The number of carbonyl (C=O) groups excluding carboxylic acids is 1. The lowest BCUT2D eigenvalue weighted by Gasteiger charge is -2.24. The van der Waals surface area contributed by atoms with Gasteiger partial charge in [-0.25, -0.2) is 12.8 Å². The molecule has 29 heavy (non-hydrogen) atoms. The van der Waals surface area contributed by atoms with E-state index >= 15 is 0 Å². The first-order valence-electron chi connectivity index (χ1n) is 9.34. The van der Waals surface area contributed by atoms with Gasteiger partial charge < -0.3 is 9.64 Å². The summed E-state index contributed by atoms with van der Waals surface area (Å²) in [6.45, 7) is 1.20. The van der Waals surface area contributed by atoms with Crippen LogP contribution in [0, 0.1) is 5.82 Å². The second-order valence-electron chi connectivity index (χ2n) is 7.10. The van der Waals surface area contributed by atoms with Gasteiger partial charge in [-0.3, -0.25) is 4.79 Å². The van der Waals surface area contributed by atoms with Gasteiger partial charge in [0.05, 0.1) is 4.90 Å². The first-order valence-corrected chi connectivity index (χ1v) is 11.2. The number of ether oxygens (including phenoxy) is 1. The van der Waals surface area contributed by atoms with Gasteiger partial charge in [0.1, 0.15) is 11.6 Å². The number of hydrogen-bond donors (Lipinski definition) is 0. The lowest BCUT2D eigenvalue weighted by atomic mass is 10.1. The van der Waals surface area contributed by atoms with Gasteiger partial charge in [-0.2, -0.15) is 4.31 Å². The molecule has 1 fully saturated rings. The highest BCUT2D eigenvalue weighted by Crippen LogP contribution is 2.32. The van der Waals surface area contributed by atoms with Crippen LogP contribution < -0.4 is 4.74 Å². The normalized spacial score (nSPS) is 20.1. The molecule has 0 aliphatic carbocycles. The fourth-order valence-electron chi connectivity index (χ4n) is 3.67. The molecule has 9 heteroatoms. The molecule has 2 aromatic rings. The molecule has 4 rings (SSSR count). The van der Waals surface area contributed by atoms with Crippen LogP contribution in [-0.2, 0) is 21.2 Å². The number of benzene rings is 2. The van der Waals surface area contributed by atoms with Crippen LogP contribution in [0.1, 0.15) is 12.0 Å². The molecule has 0 bridgehead atoms. The van der Waals surface area contributed by atoms with Gasteiger partial charge in [-0.1, -0.05) is 11.6 Å². The highest BCUT2D eigenvalue weighted by molar-refractivity contribution is 7.89. The fraction of sp³-hybridized carbons (Fsp3) is 0.350. The van der Waals surface area contributed by atoms with Crippen molar-refractivity contribution in [3.05, 3.63) is 58.9 Å². The van der Waals surface area contributed by atoms with Crippen molar-refractivity contribution in [1.29, 1.82) is 0 Å². The number of sulfonamides is 1. The number of amides is 1. The Labute approximate surface area is 173 Å². The Kier molecular flexibility index (Phi) is 5.50. The second kappa shape index (κ2) is 7.93. The smallest absolute Gasteiger partial charge is 0.264 e. The van der Waals surface area contributed by atoms with E-state index in [1.807, 2.05) is 0 Å². The van der Waals surface area contributed by atoms with E-state index in [2.05, 4.69) is 0 Å². The summed E-state index contributed by atoms with van der Waals surface area (Å²) in [4.78, 5) is 14.6. The minimum Gasteiger partial charge on any atom is -0.480 e. The number of nitrogens with zero attached hydrogens (tertiary/aromatic N) is 2. The molecule has 6 nitrogen and oxygen atoms in total. The van der Waals surface area contributed by atoms with Gasteiger partial charge in [-0.15, -0.1) is 0 Å². The van der Waals surface area contributed by atoms with Crippen LogP contribution in [0.4, 0.5) is 4.39 Å². The molecule has 0 aromatic heterocycles. The van der Waals surface area contributed by atoms with Crippen molar-refractivity contribution in [3.8, 4) is 5.75 Å². The van der Waals surface area contributed by atoms with E-state index in [4.69, 9.17) is 16.3 Å². The molecule has 154 valence electrons. The van der Waals surface area contributed by atoms with Gasteiger partial charge >= 0.3 is 0 Å². The van der Waals surface area contributed by atoms with Gasteiger partial charge in [0, 0.05) is 37.6 Å². The van der Waals surface area contributed by atoms with Crippen LogP contribution in [0.2, 0.25) is 5.02 Å². The summed E-state index contributed by atoms with van der Waals surface area (Å²) in [7, 11) is -3.74. The zero-order valence-corrected chi connectivity index (χ0v) is 17.1. The van der Waals surface area contributed by atoms with Crippen LogP contribution in [0.25, 0.3) is 0 Å². The third-order valence-electron chi connectivity index (χ3n) is 5.19. The third kappa shape index (κ3) is 4.10. The van der Waals surface area contributed by atoms with Crippen LogP contribution in [-0.4, -0.2) is 55.8 Å². The van der Waals surface area contributed by atoms with Crippen LogP contribution >= 0.6 is 11.6 Å². The van der Waals surface area contributed by atoms with E-state index < -0.39 is 21.9 Å². The molecule has 2 aliphatic rings. The highest BCUT2D eigenvalue weighted by Gasteiger charge is 2.34. The van der Waals surface area contributed by atoms with Crippen molar-refractivity contribution in [2.24, 2.45) is 0 Å². The number of hydrogen-bond acceptors (Lipinski definition) is 4. The molecular formula is C20H20ClFN2O4S. The van der Waals surface area contributed by atoms with Crippen molar-refractivity contribution in [2.45, 2.75) is 23.8 Å². The van der Waals surface area contributed by atoms with Gasteiger partial charge in [-0.05, 0) is 54.4 Å². The average molecular weight is 439 g/mol. The van der Waals surface area contributed by atoms with Gasteiger partial charge in [0.2, 0.25) is 10.0 Å². The van der Waals surface area contributed by atoms with E-state index in [0.717, 1.165) is 17.7 Å². The Hall–Kier alpha value is -2.16. The van der Waals surface area contributed by atoms with Crippen molar-refractivity contribution in [1.82, 2.24) is 9.21 Å². The molecule has 2 aliphatic heterocycles. The van der Waals surface area contributed by atoms with E-state index in [0.29, 0.717) is 36.7 Å². The molecule has 0 spiro atoms. The molecule has 2 aromatic carbocycles. The molecule has 1 saturated heterocycles. The van der Waals surface area contributed by atoms with E-state index in [-0.39, 0.29) is 23.9 Å². The maximum atomic E-state index is 13.1. The first-order chi connectivity index (χ1) is 13.8. The summed E-state index contributed by atoms with van der Waals surface area (Å²) in [5.74, 6) is 0.0110. The standard InChI is InChI=1S/C20H20ClFN2O4S/c21-15-2-7-18-14(12-15)13-19(28-18)20(25)23-8-1-9-24(11-10-23)29(26,27)17-5-3-16(22)4-6-17/h2-7,12,19H,1,8-11,13H2/t19-/m1/s1. The Morgan fingerprint density at radius 1 is 1.07 bits per heavy atom. The minimum atomic E-state index is -3.74. The van der Waals surface area contributed by atoms with Crippen molar-refractivity contribution < 1.29 is 22.3 Å². The van der Waals surface area contributed by atoms with E-state index in [9.17, 15) is 17.6 Å². The molecule has 0 unspecified atom stereocenters. The maximum Gasteiger partial charge on any atom is 0.264 e. The molecule has 0 N–H and O–H groups in total. The topological polar surface area (TPSA) is 66.9 Å². The third-order valence-corrected chi connectivity index (χ3v) is 7.34. The fourth-order valence-corrected chi connectivity index (χ4v) is 5.33. The van der Waals surface area contributed by atoms with Crippen molar-refractivity contribution >= 4 is 27.5 Å². The quantitative estimate of drug-likeness (QED) is 0.739. The molecule has 0 saturated carbocycles. The molecule has 1 atom stereocenters. The predicted octanol–water partition coefficient (Wildman–Crippen LogP) is 2.71. The highest BCUT2D eigenvalue weighted by atomic mass is 35.5. The molecular weight excluding hydrogens is 419 g/mol. The van der Waals surface area contributed by atoms with Crippen LogP contribution in [0.3, 0.4) is 0 Å². The lowest BCUT2D eigenvalue weighted by Crippen LogP contribution is -2.43. The lowest BCUT2D eigenvalue weighted by molar-refractivity contribution is -0.137. The van der Waals surface area contributed by atoms with E-state index in [1.54, 1.807) is 23.1 Å². The summed E-state index contributed by atoms with van der Waals surface area (Å²) >= 11 is 6.00. The Morgan fingerprint density at radius 3 is 2.59 bits per heavy atom. The summed E-state index contributed by atoms with van der Waals surface area (Å²) in [6.07, 6.45) is 0.337. The number of rotatable bonds is 3. The first kappa shape index (κ1) is 20.1. The zero-order chi connectivity index (χ0) is 20.6. The molecule has 1 amide bonds. The number of fused-ring (bicyclic) bond motifs is 1. The monoisotopic (exact) mass is 438 g/mol. The Bertz CT molecular complexity index is 1030. The van der Waals surface area contributed by atoms with Crippen molar-refractivity contribution in [2.75, 3.05) is 26.2 Å². The Morgan fingerprint density at radius 2 is 1.83 bits per heavy atom. The summed E-state index contributed by atoms with van der Waals surface area (Å²) in [5, 5.41) is 0.594. The van der Waals surface area contributed by atoms with Gasteiger partial charge in [0.25, 0.3) is 5.91 Å². The van der Waals surface area contributed by atoms with Crippen LogP contribution in [0.5, 0.6) is 5.75 Å². The largest absolute Gasteiger partial charge is 0.480 e. The van der Waals surface area contributed by atoms with Crippen LogP contribution in [0.15, 0.2) is 47.4 Å². The van der Waals surface area contributed by atoms with Crippen molar-refractivity contribution in [3.63, 3.8) is 0 Å². The Balaban J connectivity index is 1.42. The zero-order valence-electron chi connectivity index (χ0n) is 15.6. The predicted molar refractivity (Wildman–Crippen MR) is 106 cm³/mol.